The first-order valence-corrected chi connectivity index (χ1v) is 6.89. The van der Waals surface area contributed by atoms with Gasteiger partial charge in [-0.15, -0.1) is 0 Å². The van der Waals surface area contributed by atoms with Crippen LogP contribution in [0.25, 0.3) is 0 Å². The van der Waals surface area contributed by atoms with Crippen LogP contribution in [0.1, 0.15) is 22.8 Å². The maximum absolute atomic E-state index is 12.5. The van der Waals surface area contributed by atoms with Gasteiger partial charge in [-0.2, -0.15) is 18.4 Å². The van der Waals surface area contributed by atoms with Crippen molar-refractivity contribution in [1.82, 2.24) is 0 Å². The van der Waals surface area contributed by atoms with Gasteiger partial charge in [0.2, 0.25) is 10.0 Å². The third kappa shape index (κ3) is 3.85. The van der Waals surface area contributed by atoms with E-state index in [1.165, 1.54) is 6.07 Å². The van der Waals surface area contributed by atoms with Crippen molar-refractivity contribution in [3.63, 3.8) is 0 Å². The molecule has 1 rings (SSSR count). The summed E-state index contributed by atoms with van der Waals surface area (Å²) in [6, 6.07) is 2.98. The summed E-state index contributed by atoms with van der Waals surface area (Å²) in [6.45, 7) is 1.05. The first-order chi connectivity index (χ1) is 9.49. The van der Waals surface area contributed by atoms with Crippen LogP contribution < -0.4 is 4.72 Å². The Labute approximate surface area is 117 Å². The second-order valence-electron chi connectivity index (χ2n) is 3.98. The van der Waals surface area contributed by atoms with E-state index >= 15 is 0 Å². The zero-order valence-corrected chi connectivity index (χ0v) is 11.3. The molecule has 0 aliphatic heterocycles. The number of hydrogen-bond donors (Lipinski definition) is 2. The predicted molar refractivity (Wildman–Crippen MR) is 66.0 cm³/mol. The number of carboxylic acid groups (broad SMARTS) is 1. The Kier molecular flexibility index (Phi) is 4.48. The van der Waals surface area contributed by atoms with E-state index in [0.29, 0.717) is 18.2 Å². The zero-order valence-electron chi connectivity index (χ0n) is 10.5. The summed E-state index contributed by atoms with van der Waals surface area (Å²) in [5.74, 6) is -1.73. The van der Waals surface area contributed by atoms with Crippen LogP contribution in [0.15, 0.2) is 18.2 Å². The number of nitrogens with zero attached hydrogens (tertiary/aromatic N) is 1. The summed E-state index contributed by atoms with van der Waals surface area (Å²) in [4.78, 5) is 11.0. The van der Waals surface area contributed by atoms with Gasteiger partial charge in [-0.05, 0) is 25.1 Å². The lowest BCUT2D eigenvalue weighted by atomic mass is 10.1. The van der Waals surface area contributed by atoms with Gasteiger partial charge in [0.05, 0.1) is 22.9 Å². The largest absolute Gasteiger partial charge is 0.478 e. The van der Waals surface area contributed by atoms with E-state index in [1.807, 2.05) is 0 Å². The Balaban J connectivity index is 3.33. The van der Waals surface area contributed by atoms with Crippen molar-refractivity contribution in [2.75, 3.05) is 4.72 Å². The number of aromatic carboxylic acids is 1. The number of rotatable bonds is 4. The number of alkyl halides is 3. The number of nitriles is 1. The Morgan fingerprint density at radius 3 is 2.43 bits per heavy atom. The Morgan fingerprint density at radius 1 is 1.43 bits per heavy atom. The van der Waals surface area contributed by atoms with Gasteiger partial charge in [-0.25, -0.2) is 13.2 Å². The summed E-state index contributed by atoms with van der Waals surface area (Å²) >= 11 is 0. The van der Waals surface area contributed by atoms with E-state index in [4.69, 9.17) is 10.4 Å². The molecule has 2 N–H and O–H groups in total. The summed E-state index contributed by atoms with van der Waals surface area (Å²) in [5, 5.41) is 15.9. The van der Waals surface area contributed by atoms with E-state index in [0.717, 1.165) is 6.92 Å². The molecule has 0 fully saturated rings. The number of sulfonamides is 1. The molecule has 1 aromatic carbocycles. The highest BCUT2D eigenvalue weighted by atomic mass is 32.2. The van der Waals surface area contributed by atoms with Crippen molar-refractivity contribution in [3.05, 3.63) is 29.3 Å². The first-order valence-electron chi connectivity index (χ1n) is 5.35. The maximum atomic E-state index is 12.5. The van der Waals surface area contributed by atoms with Crippen LogP contribution in [-0.4, -0.2) is 24.7 Å². The molecule has 1 aromatic rings. The number of benzene rings is 1. The van der Waals surface area contributed by atoms with E-state index in [1.54, 1.807) is 4.72 Å². The number of carboxylic acids is 1. The monoisotopic (exact) mass is 322 g/mol. The van der Waals surface area contributed by atoms with E-state index in [9.17, 15) is 26.4 Å². The smallest absolute Gasteiger partial charge is 0.416 e. The van der Waals surface area contributed by atoms with Gasteiger partial charge in [-0.3, -0.25) is 4.72 Å². The van der Waals surface area contributed by atoms with Crippen molar-refractivity contribution >= 4 is 21.7 Å². The summed E-state index contributed by atoms with van der Waals surface area (Å²) < 4.78 is 62.6. The normalized spacial score (nSPS) is 13.3. The van der Waals surface area contributed by atoms with E-state index < -0.39 is 44.2 Å². The quantitative estimate of drug-likeness (QED) is 0.882. The molecule has 0 aromatic heterocycles. The molecule has 10 heteroatoms. The topological polar surface area (TPSA) is 107 Å². The third-order valence-corrected chi connectivity index (χ3v) is 4.02. The van der Waals surface area contributed by atoms with E-state index in [-0.39, 0.29) is 0 Å². The molecule has 0 bridgehead atoms. The van der Waals surface area contributed by atoms with Gasteiger partial charge < -0.3 is 5.11 Å². The van der Waals surface area contributed by atoms with Crippen molar-refractivity contribution in [1.29, 1.82) is 5.26 Å². The highest BCUT2D eigenvalue weighted by Gasteiger charge is 2.32. The fourth-order valence-electron chi connectivity index (χ4n) is 1.30. The minimum absolute atomic E-state index is 0.317. The van der Waals surface area contributed by atoms with Gasteiger partial charge >= 0.3 is 12.1 Å². The Bertz CT molecular complexity index is 707. The predicted octanol–water partition coefficient (Wildman–Crippen LogP) is 2.06. The van der Waals surface area contributed by atoms with Gasteiger partial charge in [0.15, 0.2) is 5.25 Å². The SMILES string of the molecule is CC(C#N)S(=O)(=O)Nc1ccc(C(F)(F)F)cc1C(=O)O. The molecular weight excluding hydrogens is 313 g/mol. The maximum Gasteiger partial charge on any atom is 0.416 e. The fourth-order valence-corrected chi connectivity index (χ4v) is 2.10. The Morgan fingerprint density at radius 2 is 2.00 bits per heavy atom. The number of anilines is 1. The number of hydrogen-bond acceptors (Lipinski definition) is 4. The lowest BCUT2D eigenvalue weighted by Crippen LogP contribution is -2.25. The molecule has 1 atom stereocenters. The van der Waals surface area contributed by atoms with Crippen molar-refractivity contribution < 1.29 is 31.5 Å². The third-order valence-electron chi connectivity index (χ3n) is 2.48. The number of nitrogens with one attached hydrogen (secondary N) is 1. The second-order valence-corrected chi connectivity index (χ2v) is 5.98. The van der Waals surface area contributed by atoms with Crippen LogP contribution in [0.4, 0.5) is 18.9 Å². The molecule has 0 spiro atoms. The highest BCUT2D eigenvalue weighted by molar-refractivity contribution is 7.93. The minimum atomic E-state index is -4.76. The molecular formula is C11H9F3N2O4S. The van der Waals surface area contributed by atoms with Gasteiger partial charge in [-0.1, -0.05) is 0 Å². The molecule has 6 nitrogen and oxygen atoms in total. The molecule has 0 aliphatic rings. The number of halogens is 3. The van der Waals surface area contributed by atoms with Crippen molar-refractivity contribution in [3.8, 4) is 6.07 Å². The number of carbonyl (C=O) groups is 1. The van der Waals surface area contributed by atoms with Crippen LogP contribution in [0.5, 0.6) is 0 Å². The molecule has 0 heterocycles. The highest BCUT2D eigenvalue weighted by Crippen LogP contribution is 2.32. The average molecular weight is 322 g/mol. The van der Waals surface area contributed by atoms with Crippen LogP contribution in [0, 0.1) is 11.3 Å². The molecule has 0 radical (unpaired) electrons. The first kappa shape index (κ1) is 16.8. The average Bonchev–Trinajstić information content (AvgIpc) is 2.36. The molecule has 0 saturated heterocycles. The molecule has 114 valence electrons. The zero-order chi connectivity index (χ0) is 16.4. The van der Waals surface area contributed by atoms with E-state index in [2.05, 4.69) is 0 Å². The lowest BCUT2D eigenvalue weighted by Gasteiger charge is -2.14. The molecule has 0 aliphatic carbocycles. The van der Waals surface area contributed by atoms with Gasteiger partial charge in [0, 0.05) is 0 Å². The molecule has 21 heavy (non-hydrogen) atoms. The van der Waals surface area contributed by atoms with Gasteiger partial charge in [0.25, 0.3) is 0 Å². The van der Waals surface area contributed by atoms with Crippen LogP contribution in [0.2, 0.25) is 0 Å². The fraction of sp³-hybridized carbons (Fsp3) is 0.273. The van der Waals surface area contributed by atoms with Crippen LogP contribution >= 0.6 is 0 Å². The Hall–Kier alpha value is -2.28. The van der Waals surface area contributed by atoms with Gasteiger partial charge in [0.1, 0.15) is 0 Å². The summed E-state index contributed by atoms with van der Waals surface area (Å²) in [7, 11) is -4.22. The molecule has 0 saturated carbocycles. The molecule has 1 unspecified atom stereocenters. The van der Waals surface area contributed by atoms with Crippen LogP contribution in [0.3, 0.4) is 0 Å². The lowest BCUT2D eigenvalue weighted by molar-refractivity contribution is -0.137. The summed E-state index contributed by atoms with van der Waals surface area (Å²) in [5.41, 5.74) is -2.63. The minimum Gasteiger partial charge on any atom is -0.478 e. The summed E-state index contributed by atoms with van der Waals surface area (Å²) in [6.07, 6.45) is -4.76. The van der Waals surface area contributed by atoms with Crippen molar-refractivity contribution in [2.24, 2.45) is 0 Å². The van der Waals surface area contributed by atoms with Crippen LogP contribution in [-0.2, 0) is 16.2 Å². The second kappa shape index (κ2) is 5.61. The standard InChI is InChI=1S/C11H9F3N2O4S/c1-6(5-15)21(19,20)16-9-3-2-7(11(12,13)14)4-8(9)10(17)18/h2-4,6,16H,1H3,(H,17,18). The molecule has 0 amide bonds. The van der Waals surface area contributed by atoms with Crippen molar-refractivity contribution in [2.45, 2.75) is 18.3 Å².